The van der Waals surface area contributed by atoms with E-state index in [0.717, 1.165) is 0 Å². The molecule has 0 spiro atoms. The minimum atomic E-state index is -1.09. The van der Waals surface area contributed by atoms with Gasteiger partial charge in [0.1, 0.15) is 11.6 Å². The van der Waals surface area contributed by atoms with Gasteiger partial charge in [0.2, 0.25) is 0 Å². The molecule has 4 heteroatoms. The molecule has 0 fully saturated rings. The van der Waals surface area contributed by atoms with Crippen molar-refractivity contribution in [2.45, 2.75) is 26.4 Å². The molecule has 0 atom stereocenters. The van der Waals surface area contributed by atoms with Gasteiger partial charge < -0.3 is 10.2 Å². The Morgan fingerprint density at radius 2 is 1.68 bits per heavy atom. The van der Waals surface area contributed by atoms with Gasteiger partial charge in [-0.3, -0.25) is 0 Å². The van der Waals surface area contributed by atoms with Gasteiger partial charge in [-0.05, 0) is 67.8 Å². The third-order valence-electron chi connectivity index (χ3n) is 3.65. The van der Waals surface area contributed by atoms with Crippen LogP contribution in [-0.4, -0.2) is 15.8 Å². The Hall–Kier alpha value is -1.84. The monoisotopic (exact) mass is 320 g/mol. The van der Waals surface area contributed by atoms with Crippen LogP contribution in [0.3, 0.4) is 0 Å². The van der Waals surface area contributed by atoms with E-state index in [1.165, 1.54) is 18.2 Å². The van der Waals surface area contributed by atoms with Crippen molar-refractivity contribution in [3.63, 3.8) is 0 Å². The molecule has 116 valence electrons. The summed E-state index contributed by atoms with van der Waals surface area (Å²) in [5, 5.41) is 21.0. The Labute approximate surface area is 134 Å². The summed E-state index contributed by atoms with van der Waals surface area (Å²) < 4.78 is 13.2. The van der Waals surface area contributed by atoms with Gasteiger partial charge in [0.15, 0.2) is 0 Å². The Morgan fingerprint density at radius 1 is 1.09 bits per heavy atom. The van der Waals surface area contributed by atoms with Crippen molar-refractivity contribution in [2.75, 3.05) is 0 Å². The molecule has 22 heavy (non-hydrogen) atoms. The smallest absolute Gasteiger partial charge is 0.124 e. The molecule has 0 bridgehead atoms. The topological polar surface area (TPSA) is 40.5 Å². The van der Waals surface area contributed by atoms with Crippen molar-refractivity contribution in [1.29, 1.82) is 0 Å². The lowest BCUT2D eigenvalue weighted by molar-refractivity contribution is 0.120. The average Bonchev–Trinajstić information content (AvgIpc) is 2.42. The number of aliphatic hydroxyl groups is 1. The van der Waals surface area contributed by atoms with Crippen LogP contribution < -0.4 is 0 Å². The number of hydrogen-bond acceptors (Lipinski definition) is 2. The van der Waals surface area contributed by atoms with Crippen LogP contribution in [0.25, 0.3) is 5.57 Å². The molecule has 2 nitrogen and oxygen atoms in total. The minimum absolute atomic E-state index is 0.00965. The zero-order valence-corrected chi connectivity index (χ0v) is 13.4. The molecule has 0 amide bonds. The SMILES string of the molecule is C/C(=C(\c1ccc(F)cc1)c1ccc(Cl)cc1O)C(C)(C)O. The van der Waals surface area contributed by atoms with Crippen molar-refractivity contribution >= 4 is 17.2 Å². The highest BCUT2D eigenvalue weighted by Gasteiger charge is 2.23. The van der Waals surface area contributed by atoms with Gasteiger partial charge in [0.25, 0.3) is 0 Å². The predicted molar refractivity (Wildman–Crippen MR) is 87.5 cm³/mol. The van der Waals surface area contributed by atoms with E-state index < -0.39 is 5.60 Å². The van der Waals surface area contributed by atoms with Crippen LogP contribution in [0.15, 0.2) is 48.0 Å². The second-order valence-corrected chi connectivity index (χ2v) is 6.16. The van der Waals surface area contributed by atoms with Crippen molar-refractivity contribution in [3.05, 3.63) is 70.0 Å². The molecule has 0 aliphatic heterocycles. The van der Waals surface area contributed by atoms with Gasteiger partial charge in [0.05, 0.1) is 5.60 Å². The number of phenolic OH excluding ortho intramolecular Hbond substituents is 1. The fourth-order valence-corrected chi connectivity index (χ4v) is 2.38. The van der Waals surface area contributed by atoms with Crippen molar-refractivity contribution < 1.29 is 14.6 Å². The fourth-order valence-electron chi connectivity index (χ4n) is 2.21. The van der Waals surface area contributed by atoms with Crippen molar-refractivity contribution in [3.8, 4) is 5.75 Å². The summed E-state index contributed by atoms with van der Waals surface area (Å²) in [5.41, 5.74) is 1.48. The van der Waals surface area contributed by atoms with E-state index in [9.17, 15) is 14.6 Å². The first-order valence-corrected chi connectivity index (χ1v) is 7.26. The molecule has 0 aromatic heterocycles. The van der Waals surface area contributed by atoms with E-state index in [4.69, 9.17) is 11.6 Å². The summed E-state index contributed by atoms with van der Waals surface area (Å²) in [6, 6.07) is 10.7. The Kier molecular flexibility index (Phi) is 4.59. The fraction of sp³-hybridized carbons (Fsp3) is 0.222. The normalized spacial score (nSPS) is 13.0. The minimum Gasteiger partial charge on any atom is -0.507 e. The molecular formula is C18H18ClFO2. The number of benzene rings is 2. The average molecular weight is 321 g/mol. The van der Waals surface area contributed by atoms with Crippen LogP contribution in [0.4, 0.5) is 4.39 Å². The number of rotatable bonds is 3. The van der Waals surface area contributed by atoms with Gasteiger partial charge in [-0.25, -0.2) is 4.39 Å². The van der Waals surface area contributed by atoms with Gasteiger partial charge in [0, 0.05) is 10.6 Å². The first-order valence-electron chi connectivity index (χ1n) is 6.88. The largest absolute Gasteiger partial charge is 0.507 e. The Morgan fingerprint density at radius 3 is 2.18 bits per heavy atom. The van der Waals surface area contributed by atoms with Crippen LogP contribution in [0.5, 0.6) is 5.75 Å². The first kappa shape index (κ1) is 16.5. The highest BCUT2D eigenvalue weighted by Crippen LogP contribution is 2.37. The highest BCUT2D eigenvalue weighted by molar-refractivity contribution is 6.30. The predicted octanol–water partition coefficient (Wildman–Crippen LogP) is 4.78. The van der Waals surface area contributed by atoms with E-state index >= 15 is 0 Å². The van der Waals surface area contributed by atoms with Gasteiger partial charge in [-0.15, -0.1) is 0 Å². The van der Waals surface area contributed by atoms with Crippen LogP contribution >= 0.6 is 11.6 Å². The Bertz CT molecular complexity index is 713. The van der Waals surface area contributed by atoms with Crippen LogP contribution in [0.2, 0.25) is 5.02 Å². The lowest BCUT2D eigenvalue weighted by Crippen LogP contribution is -2.21. The van der Waals surface area contributed by atoms with E-state index in [2.05, 4.69) is 0 Å². The molecule has 2 aromatic rings. The number of aromatic hydroxyl groups is 1. The summed E-state index contributed by atoms with van der Waals surface area (Å²) in [6.45, 7) is 5.12. The van der Waals surface area contributed by atoms with Crippen molar-refractivity contribution in [1.82, 2.24) is 0 Å². The molecule has 0 radical (unpaired) electrons. The summed E-state index contributed by atoms with van der Waals surface area (Å²) in [6.07, 6.45) is 0. The molecule has 0 aliphatic carbocycles. The number of hydrogen-bond donors (Lipinski definition) is 2. The van der Waals surface area contributed by atoms with E-state index in [-0.39, 0.29) is 11.6 Å². The maximum Gasteiger partial charge on any atom is 0.124 e. The van der Waals surface area contributed by atoms with Crippen LogP contribution in [0, 0.1) is 5.82 Å². The second-order valence-electron chi connectivity index (χ2n) is 5.73. The zero-order chi connectivity index (χ0) is 16.5. The Balaban J connectivity index is 2.74. The first-order chi connectivity index (χ1) is 10.2. The number of phenols is 1. The molecule has 0 saturated heterocycles. The summed E-state index contributed by atoms with van der Waals surface area (Å²) >= 11 is 5.88. The lowest BCUT2D eigenvalue weighted by Gasteiger charge is -2.24. The molecule has 0 saturated carbocycles. The lowest BCUT2D eigenvalue weighted by atomic mass is 9.86. The quantitative estimate of drug-likeness (QED) is 0.854. The molecule has 0 aliphatic rings. The van der Waals surface area contributed by atoms with Crippen molar-refractivity contribution in [2.24, 2.45) is 0 Å². The molecule has 0 unspecified atom stereocenters. The maximum atomic E-state index is 13.2. The van der Waals surface area contributed by atoms with Gasteiger partial charge in [-0.2, -0.15) is 0 Å². The van der Waals surface area contributed by atoms with Crippen LogP contribution in [0.1, 0.15) is 31.9 Å². The second kappa shape index (κ2) is 6.11. The van der Waals surface area contributed by atoms with E-state index in [0.29, 0.717) is 27.3 Å². The molecule has 2 N–H and O–H groups in total. The van der Waals surface area contributed by atoms with Crippen LogP contribution in [-0.2, 0) is 0 Å². The zero-order valence-electron chi connectivity index (χ0n) is 12.7. The maximum absolute atomic E-state index is 13.2. The third kappa shape index (κ3) is 3.49. The van der Waals surface area contributed by atoms with E-state index in [1.807, 2.05) is 0 Å². The standard InChI is InChI=1S/C18H18ClFO2/c1-11(18(2,3)22)17(12-4-7-14(20)8-5-12)15-9-6-13(19)10-16(15)21/h4-10,21-22H,1-3H3/b17-11-. The summed E-state index contributed by atoms with van der Waals surface area (Å²) in [4.78, 5) is 0. The highest BCUT2D eigenvalue weighted by atomic mass is 35.5. The third-order valence-corrected chi connectivity index (χ3v) is 3.89. The summed E-state index contributed by atoms with van der Waals surface area (Å²) in [5.74, 6) is -0.334. The molecular weight excluding hydrogens is 303 g/mol. The molecule has 2 aromatic carbocycles. The van der Waals surface area contributed by atoms with Gasteiger partial charge >= 0.3 is 0 Å². The molecule has 0 heterocycles. The summed E-state index contributed by atoms with van der Waals surface area (Å²) in [7, 11) is 0. The molecule has 2 rings (SSSR count). The number of halogens is 2. The van der Waals surface area contributed by atoms with E-state index in [1.54, 1.807) is 45.0 Å². The van der Waals surface area contributed by atoms with Gasteiger partial charge in [-0.1, -0.05) is 23.7 Å².